The quantitative estimate of drug-likeness (QED) is 0.903. The van der Waals surface area contributed by atoms with E-state index < -0.39 is 0 Å². The van der Waals surface area contributed by atoms with Gasteiger partial charge in [0.15, 0.2) is 0 Å². The second kappa shape index (κ2) is 8.04. The van der Waals surface area contributed by atoms with Crippen molar-refractivity contribution in [3.63, 3.8) is 0 Å². The van der Waals surface area contributed by atoms with Crippen molar-refractivity contribution in [2.24, 2.45) is 5.92 Å². The molecule has 3 rings (SSSR count). The van der Waals surface area contributed by atoms with Crippen LogP contribution >= 0.6 is 11.3 Å². The van der Waals surface area contributed by atoms with E-state index in [4.69, 9.17) is 4.74 Å². The third-order valence-electron chi connectivity index (χ3n) is 4.50. The van der Waals surface area contributed by atoms with Crippen molar-refractivity contribution >= 4 is 17.2 Å². The van der Waals surface area contributed by atoms with Crippen LogP contribution < -0.4 is 5.32 Å². The Labute approximate surface area is 136 Å². The van der Waals surface area contributed by atoms with E-state index in [9.17, 15) is 4.79 Å². The number of carbonyl (C=O) groups is 1. The van der Waals surface area contributed by atoms with Crippen molar-refractivity contribution < 1.29 is 9.53 Å². The lowest BCUT2D eigenvalue weighted by Crippen LogP contribution is -2.40. The molecule has 2 heterocycles. The molecular weight excluding hydrogens is 298 g/mol. The molecule has 5 nitrogen and oxygen atoms in total. The molecule has 2 aliphatic rings. The predicted molar refractivity (Wildman–Crippen MR) is 87.1 cm³/mol. The standard InChI is InChI=1S/C16H25N3O2S/c20-16(19-6-8-21-9-7-19)14-12-22-15(18-14)11-17-10-13-4-2-1-3-5-13/h12-13,17H,1-11H2. The Morgan fingerprint density at radius 3 is 2.86 bits per heavy atom. The minimum atomic E-state index is 0.0399. The van der Waals surface area contributed by atoms with E-state index >= 15 is 0 Å². The van der Waals surface area contributed by atoms with Gasteiger partial charge < -0.3 is 15.0 Å². The number of aromatic nitrogens is 1. The van der Waals surface area contributed by atoms with Gasteiger partial charge in [0, 0.05) is 25.0 Å². The Kier molecular flexibility index (Phi) is 5.81. The van der Waals surface area contributed by atoms with Crippen LogP contribution in [0, 0.1) is 5.92 Å². The van der Waals surface area contributed by atoms with Crippen molar-refractivity contribution in [3.8, 4) is 0 Å². The molecule has 0 unspecified atom stereocenters. The molecule has 22 heavy (non-hydrogen) atoms. The Hall–Kier alpha value is -0.980. The van der Waals surface area contributed by atoms with Crippen molar-refractivity contribution in [2.45, 2.75) is 38.6 Å². The summed E-state index contributed by atoms with van der Waals surface area (Å²) in [6.45, 7) is 4.46. The molecule has 1 aliphatic heterocycles. The summed E-state index contributed by atoms with van der Waals surface area (Å²) in [5, 5.41) is 6.40. The number of carbonyl (C=O) groups excluding carboxylic acids is 1. The number of nitrogens with zero attached hydrogens (tertiary/aromatic N) is 2. The molecule has 1 aromatic rings. The van der Waals surface area contributed by atoms with Gasteiger partial charge in [-0.05, 0) is 25.3 Å². The molecule has 1 saturated heterocycles. The van der Waals surface area contributed by atoms with E-state index in [0.717, 1.165) is 24.0 Å². The first-order valence-corrected chi connectivity index (χ1v) is 9.23. The monoisotopic (exact) mass is 323 g/mol. The SMILES string of the molecule is O=C(c1csc(CNCC2CCCCC2)n1)N1CCOCC1. The molecule has 0 radical (unpaired) electrons. The maximum Gasteiger partial charge on any atom is 0.273 e. The third-order valence-corrected chi connectivity index (χ3v) is 5.35. The predicted octanol–water partition coefficient (Wildman–Crippen LogP) is 2.29. The number of amides is 1. The van der Waals surface area contributed by atoms with Crippen LogP contribution in [0.25, 0.3) is 0 Å². The molecule has 1 aromatic heterocycles. The summed E-state index contributed by atoms with van der Waals surface area (Å²) in [4.78, 5) is 18.7. The zero-order valence-corrected chi connectivity index (χ0v) is 13.9. The second-order valence-electron chi connectivity index (χ2n) is 6.17. The van der Waals surface area contributed by atoms with Crippen LogP contribution in [-0.2, 0) is 11.3 Å². The Morgan fingerprint density at radius 1 is 1.32 bits per heavy atom. The van der Waals surface area contributed by atoms with E-state index in [1.165, 1.54) is 32.1 Å². The Bertz CT molecular complexity index is 479. The fraction of sp³-hybridized carbons (Fsp3) is 0.750. The summed E-state index contributed by atoms with van der Waals surface area (Å²) in [5.74, 6) is 0.862. The van der Waals surface area contributed by atoms with Crippen molar-refractivity contribution in [2.75, 3.05) is 32.8 Å². The van der Waals surface area contributed by atoms with Crippen LogP contribution in [0.5, 0.6) is 0 Å². The first kappa shape index (κ1) is 15.9. The molecule has 122 valence electrons. The first-order chi connectivity index (χ1) is 10.8. The van der Waals surface area contributed by atoms with Gasteiger partial charge in [-0.2, -0.15) is 0 Å². The molecular formula is C16H25N3O2S. The smallest absolute Gasteiger partial charge is 0.273 e. The lowest BCUT2D eigenvalue weighted by atomic mass is 9.89. The highest BCUT2D eigenvalue weighted by Gasteiger charge is 2.21. The molecule has 0 aromatic carbocycles. The molecule has 6 heteroatoms. The molecule has 1 N–H and O–H groups in total. The van der Waals surface area contributed by atoms with Gasteiger partial charge in [0.2, 0.25) is 0 Å². The van der Waals surface area contributed by atoms with Crippen LogP contribution in [0.15, 0.2) is 5.38 Å². The number of hydrogen-bond acceptors (Lipinski definition) is 5. The van der Waals surface area contributed by atoms with Gasteiger partial charge in [-0.3, -0.25) is 4.79 Å². The molecule has 0 bridgehead atoms. The van der Waals surface area contributed by atoms with Crippen LogP contribution in [0.2, 0.25) is 0 Å². The average molecular weight is 323 g/mol. The van der Waals surface area contributed by atoms with Gasteiger partial charge in [-0.15, -0.1) is 11.3 Å². The van der Waals surface area contributed by atoms with Crippen molar-refractivity contribution in [1.82, 2.24) is 15.2 Å². The third kappa shape index (κ3) is 4.27. The minimum Gasteiger partial charge on any atom is -0.378 e. The van der Waals surface area contributed by atoms with E-state index in [2.05, 4.69) is 10.3 Å². The van der Waals surface area contributed by atoms with Gasteiger partial charge in [0.05, 0.1) is 13.2 Å². The van der Waals surface area contributed by atoms with Gasteiger partial charge in [0.1, 0.15) is 10.7 Å². The number of morpholine rings is 1. The highest BCUT2D eigenvalue weighted by molar-refractivity contribution is 7.09. The van der Waals surface area contributed by atoms with Gasteiger partial charge >= 0.3 is 0 Å². The maximum atomic E-state index is 12.3. The van der Waals surface area contributed by atoms with E-state index in [-0.39, 0.29) is 5.91 Å². The minimum absolute atomic E-state index is 0.0399. The summed E-state index contributed by atoms with van der Waals surface area (Å²) >= 11 is 1.58. The summed E-state index contributed by atoms with van der Waals surface area (Å²) < 4.78 is 5.28. The number of ether oxygens (including phenoxy) is 1. The number of nitrogens with one attached hydrogen (secondary N) is 1. The zero-order chi connectivity index (χ0) is 15.2. The highest BCUT2D eigenvalue weighted by atomic mass is 32.1. The van der Waals surface area contributed by atoms with E-state index in [0.29, 0.717) is 32.0 Å². The molecule has 1 amide bonds. The lowest BCUT2D eigenvalue weighted by molar-refractivity contribution is 0.0299. The normalized spacial score (nSPS) is 20.3. The fourth-order valence-corrected chi connectivity index (χ4v) is 3.93. The van der Waals surface area contributed by atoms with Crippen molar-refractivity contribution in [1.29, 1.82) is 0 Å². The highest BCUT2D eigenvalue weighted by Crippen LogP contribution is 2.23. The molecule has 0 spiro atoms. The summed E-state index contributed by atoms with van der Waals surface area (Å²) in [5.41, 5.74) is 0.585. The van der Waals surface area contributed by atoms with Crippen LogP contribution in [0.4, 0.5) is 0 Å². The number of thiazole rings is 1. The molecule has 2 fully saturated rings. The Balaban J connectivity index is 1.45. The lowest BCUT2D eigenvalue weighted by Gasteiger charge is -2.25. The largest absolute Gasteiger partial charge is 0.378 e. The molecule has 1 saturated carbocycles. The van der Waals surface area contributed by atoms with Crippen LogP contribution in [-0.4, -0.2) is 48.6 Å². The summed E-state index contributed by atoms with van der Waals surface area (Å²) in [6.07, 6.45) is 6.86. The zero-order valence-electron chi connectivity index (χ0n) is 13.1. The first-order valence-electron chi connectivity index (χ1n) is 8.35. The van der Waals surface area contributed by atoms with Gasteiger partial charge in [-0.1, -0.05) is 19.3 Å². The average Bonchev–Trinajstić information content (AvgIpc) is 3.05. The van der Waals surface area contributed by atoms with Crippen LogP contribution in [0.3, 0.4) is 0 Å². The molecule has 0 atom stereocenters. The second-order valence-corrected chi connectivity index (χ2v) is 7.11. The summed E-state index contributed by atoms with van der Waals surface area (Å²) in [7, 11) is 0. The van der Waals surface area contributed by atoms with E-state index in [1.54, 1.807) is 11.3 Å². The van der Waals surface area contributed by atoms with Crippen LogP contribution in [0.1, 0.15) is 47.6 Å². The number of hydrogen-bond donors (Lipinski definition) is 1. The van der Waals surface area contributed by atoms with Crippen molar-refractivity contribution in [3.05, 3.63) is 16.1 Å². The Morgan fingerprint density at radius 2 is 2.09 bits per heavy atom. The molecule has 1 aliphatic carbocycles. The summed E-state index contributed by atoms with van der Waals surface area (Å²) in [6, 6.07) is 0. The topological polar surface area (TPSA) is 54.5 Å². The number of rotatable bonds is 5. The van der Waals surface area contributed by atoms with Gasteiger partial charge in [-0.25, -0.2) is 4.98 Å². The maximum absolute atomic E-state index is 12.3. The fourth-order valence-electron chi connectivity index (χ4n) is 3.19. The van der Waals surface area contributed by atoms with E-state index in [1.807, 2.05) is 10.3 Å². The van der Waals surface area contributed by atoms with Gasteiger partial charge in [0.25, 0.3) is 5.91 Å².